The van der Waals surface area contributed by atoms with Crippen molar-refractivity contribution in [3.63, 3.8) is 0 Å². The van der Waals surface area contributed by atoms with Crippen molar-refractivity contribution in [1.82, 2.24) is 9.55 Å². The zero-order valence-corrected chi connectivity index (χ0v) is 12.6. The van der Waals surface area contributed by atoms with E-state index in [0.717, 1.165) is 4.57 Å². The Kier molecular flexibility index (Phi) is 6.73. The van der Waals surface area contributed by atoms with Crippen molar-refractivity contribution in [3.05, 3.63) is 27.0 Å². The topological polar surface area (TPSA) is 121 Å². The smallest absolute Gasteiger partial charge is 0.328 e. The number of aromatic nitrogens is 2. The minimum atomic E-state index is -1.25. The van der Waals surface area contributed by atoms with E-state index in [4.69, 9.17) is 34.0 Å². The number of carboxylic acids is 1. The minimum absolute atomic E-state index is 0.188. The summed E-state index contributed by atoms with van der Waals surface area (Å²) in [7, 11) is 0. The lowest BCUT2D eigenvalue weighted by Gasteiger charge is -2.22. The fourth-order valence-electron chi connectivity index (χ4n) is 1.71. The second kappa shape index (κ2) is 8.06. The summed E-state index contributed by atoms with van der Waals surface area (Å²) in [6, 6.07) is -1.25. The Morgan fingerprint density at radius 2 is 1.95 bits per heavy atom. The van der Waals surface area contributed by atoms with Crippen LogP contribution in [0.1, 0.15) is 0 Å². The van der Waals surface area contributed by atoms with Crippen LogP contribution in [0.15, 0.2) is 15.8 Å². The van der Waals surface area contributed by atoms with Crippen molar-refractivity contribution < 1.29 is 9.90 Å². The van der Waals surface area contributed by atoms with E-state index in [2.05, 4.69) is 4.98 Å². The average molecular weight is 339 g/mol. The van der Waals surface area contributed by atoms with Crippen molar-refractivity contribution in [2.75, 3.05) is 29.7 Å². The molecule has 0 amide bonds. The highest BCUT2D eigenvalue weighted by Crippen LogP contribution is 2.06. The van der Waals surface area contributed by atoms with Crippen molar-refractivity contribution in [2.45, 2.75) is 12.6 Å². The lowest BCUT2D eigenvalue weighted by atomic mass is 10.3. The molecule has 0 saturated carbocycles. The summed E-state index contributed by atoms with van der Waals surface area (Å²) in [5.74, 6) is -0.707. The molecule has 1 heterocycles. The first kappa shape index (κ1) is 17.5. The van der Waals surface area contributed by atoms with Gasteiger partial charge in [-0.3, -0.25) is 19.1 Å². The Morgan fingerprint density at radius 1 is 1.38 bits per heavy atom. The van der Waals surface area contributed by atoms with E-state index >= 15 is 0 Å². The number of nitrogens with zero attached hydrogens (tertiary/aromatic N) is 2. The van der Waals surface area contributed by atoms with E-state index in [1.807, 2.05) is 0 Å². The maximum Gasteiger partial charge on any atom is 0.328 e. The van der Waals surface area contributed by atoms with Crippen LogP contribution in [0.25, 0.3) is 0 Å². The van der Waals surface area contributed by atoms with Crippen LogP contribution in [-0.2, 0) is 11.3 Å². The first-order valence-electron chi connectivity index (χ1n) is 6.09. The average Bonchev–Trinajstić information content (AvgIpc) is 2.41. The highest BCUT2D eigenvalue weighted by Gasteiger charge is 2.16. The molecule has 1 aromatic rings. The molecule has 0 fully saturated rings. The number of aliphatic carboxylic acids is 1. The van der Waals surface area contributed by atoms with Gasteiger partial charge in [0.25, 0.3) is 5.56 Å². The van der Waals surface area contributed by atoms with E-state index in [9.17, 15) is 14.4 Å². The number of halogens is 2. The van der Waals surface area contributed by atoms with Crippen LogP contribution >= 0.6 is 23.2 Å². The van der Waals surface area contributed by atoms with Crippen molar-refractivity contribution in [3.8, 4) is 0 Å². The zero-order valence-electron chi connectivity index (χ0n) is 11.1. The largest absolute Gasteiger partial charge is 0.480 e. The lowest BCUT2D eigenvalue weighted by molar-refractivity contribution is -0.138. The Bertz CT molecular complexity index is 595. The van der Waals surface area contributed by atoms with Crippen molar-refractivity contribution in [1.29, 1.82) is 0 Å². The maximum absolute atomic E-state index is 11.9. The fourth-order valence-corrected chi connectivity index (χ4v) is 2.11. The Labute approximate surface area is 130 Å². The molecule has 4 N–H and O–H groups in total. The molecular weight excluding hydrogens is 323 g/mol. The Hall–Kier alpha value is -1.51. The van der Waals surface area contributed by atoms with E-state index in [1.54, 1.807) is 4.90 Å². The van der Waals surface area contributed by atoms with Gasteiger partial charge in [-0.05, 0) is 0 Å². The van der Waals surface area contributed by atoms with Gasteiger partial charge in [-0.15, -0.1) is 23.2 Å². The highest BCUT2D eigenvalue weighted by atomic mass is 35.5. The summed E-state index contributed by atoms with van der Waals surface area (Å²) in [5, 5.41) is 8.78. The molecule has 0 aliphatic rings. The number of anilines is 1. The van der Waals surface area contributed by atoms with Crippen LogP contribution in [0.3, 0.4) is 0 Å². The number of hydrogen-bond acceptors (Lipinski definition) is 5. The predicted octanol–water partition coefficient (Wildman–Crippen LogP) is -0.767. The van der Waals surface area contributed by atoms with E-state index in [0.29, 0.717) is 13.1 Å². The second-order valence-electron chi connectivity index (χ2n) is 4.24. The number of nitrogens with two attached hydrogens (primary N) is 1. The number of nitrogens with one attached hydrogen (secondary N) is 1. The van der Waals surface area contributed by atoms with Gasteiger partial charge in [-0.1, -0.05) is 0 Å². The normalized spacial score (nSPS) is 12.1. The van der Waals surface area contributed by atoms with Crippen LogP contribution in [0.4, 0.5) is 5.69 Å². The number of alkyl halides is 2. The highest BCUT2D eigenvalue weighted by molar-refractivity contribution is 6.18. The van der Waals surface area contributed by atoms with Gasteiger partial charge in [0.2, 0.25) is 0 Å². The van der Waals surface area contributed by atoms with Gasteiger partial charge in [0.1, 0.15) is 11.7 Å². The Morgan fingerprint density at radius 3 is 2.43 bits per heavy atom. The standard InChI is InChI=1S/C11H16Cl2N4O4/c12-1-3-16(4-2-13)8-6-17(5-7(14)10(19)20)11(21)15-9(8)18/h6-7H,1-5,14H2,(H,19,20)(H,15,18,21)/t7-/m0/s1. The molecule has 0 aromatic carbocycles. The third-order valence-corrected chi connectivity index (χ3v) is 3.09. The second-order valence-corrected chi connectivity index (χ2v) is 4.99. The van der Waals surface area contributed by atoms with E-state index in [1.165, 1.54) is 6.20 Å². The monoisotopic (exact) mass is 338 g/mol. The molecule has 10 heteroatoms. The molecule has 0 saturated heterocycles. The summed E-state index contributed by atoms with van der Waals surface area (Å²) in [6.45, 7) is 0.467. The summed E-state index contributed by atoms with van der Waals surface area (Å²) < 4.78 is 1.05. The number of H-pyrrole nitrogens is 1. The molecule has 8 nitrogen and oxygen atoms in total. The molecule has 21 heavy (non-hydrogen) atoms. The predicted molar refractivity (Wildman–Crippen MR) is 80.6 cm³/mol. The van der Waals surface area contributed by atoms with Crippen molar-refractivity contribution >= 4 is 34.9 Å². The zero-order chi connectivity index (χ0) is 16.0. The molecule has 0 aliphatic heterocycles. The number of carbonyl (C=O) groups is 1. The summed E-state index contributed by atoms with van der Waals surface area (Å²) in [5.41, 5.74) is 4.27. The number of rotatable bonds is 8. The van der Waals surface area contributed by atoms with Gasteiger partial charge < -0.3 is 15.7 Å². The third-order valence-electron chi connectivity index (χ3n) is 2.75. The first-order valence-corrected chi connectivity index (χ1v) is 7.16. The SMILES string of the molecule is N[C@@H](Cn1cc(N(CCCl)CCCl)c(=O)[nH]c1=O)C(=O)O. The van der Waals surface area contributed by atoms with Crippen molar-refractivity contribution in [2.24, 2.45) is 5.73 Å². The molecule has 1 rings (SSSR count). The molecule has 0 unspecified atom stereocenters. The van der Waals surface area contributed by atoms with Gasteiger partial charge in [0, 0.05) is 31.0 Å². The molecule has 1 atom stereocenters. The molecular formula is C11H16Cl2N4O4. The summed E-state index contributed by atoms with van der Waals surface area (Å²) in [6.07, 6.45) is 1.27. The third kappa shape index (κ3) is 4.76. The maximum atomic E-state index is 11.9. The van der Waals surface area contributed by atoms with Gasteiger partial charge in [0.15, 0.2) is 0 Å². The molecule has 0 aliphatic carbocycles. The molecule has 0 bridgehead atoms. The summed E-state index contributed by atoms with van der Waals surface area (Å²) >= 11 is 11.3. The van der Waals surface area contributed by atoms with Gasteiger partial charge in [0.05, 0.1) is 6.54 Å². The molecule has 0 radical (unpaired) electrons. The van der Waals surface area contributed by atoms with Gasteiger partial charge in [-0.25, -0.2) is 4.79 Å². The first-order chi connectivity index (χ1) is 9.90. The number of aromatic amines is 1. The Balaban J connectivity index is 3.18. The minimum Gasteiger partial charge on any atom is -0.480 e. The molecule has 118 valence electrons. The van der Waals surface area contributed by atoms with Crippen LogP contribution in [0, 0.1) is 0 Å². The molecule has 1 aromatic heterocycles. The van der Waals surface area contributed by atoms with Crippen LogP contribution < -0.4 is 21.9 Å². The van der Waals surface area contributed by atoms with E-state index < -0.39 is 23.3 Å². The van der Waals surface area contributed by atoms with Crippen LogP contribution in [0.2, 0.25) is 0 Å². The number of carboxylic acid groups (broad SMARTS) is 1. The quantitative estimate of drug-likeness (QED) is 0.535. The summed E-state index contributed by atoms with van der Waals surface area (Å²) in [4.78, 5) is 38.0. The van der Waals surface area contributed by atoms with Gasteiger partial charge in [-0.2, -0.15) is 0 Å². The van der Waals surface area contributed by atoms with Crippen LogP contribution in [-0.4, -0.2) is 51.5 Å². The van der Waals surface area contributed by atoms with E-state index in [-0.39, 0.29) is 24.0 Å². The fraction of sp³-hybridized carbons (Fsp3) is 0.545. The molecule has 0 spiro atoms. The van der Waals surface area contributed by atoms with Gasteiger partial charge >= 0.3 is 11.7 Å². The number of hydrogen-bond donors (Lipinski definition) is 3. The van der Waals surface area contributed by atoms with Crippen LogP contribution in [0.5, 0.6) is 0 Å². The lowest BCUT2D eigenvalue weighted by Crippen LogP contribution is -2.42.